The molecule has 1 fully saturated rings. The van der Waals surface area contributed by atoms with Gasteiger partial charge in [-0.3, -0.25) is 4.79 Å². The third-order valence-corrected chi connectivity index (χ3v) is 3.80. The molecule has 0 saturated carbocycles. The molecule has 3 heteroatoms. The molecule has 2 heterocycles. The Kier molecular flexibility index (Phi) is 2.99. The van der Waals surface area contributed by atoms with Crippen molar-refractivity contribution >= 4 is 17.1 Å². The predicted octanol–water partition coefficient (Wildman–Crippen LogP) is 2.42. The van der Waals surface area contributed by atoms with Gasteiger partial charge in [0.1, 0.15) is 0 Å². The second kappa shape index (κ2) is 4.24. The van der Waals surface area contributed by atoms with Crippen LogP contribution in [0.5, 0.6) is 0 Å². The maximum Gasteiger partial charge on any atom is 0.174 e. The molecule has 1 atom stereocenters. The van der Waals surface area contributed by atoms with Gasteiger partial charge in [0.15, 0.2) is 5.78 Å². The van der Waals surface area contributed by atoms with Crippen LogP contribution < -0.4 is 0 Å². The summed E-state index contributed by atoms with van der Waals surface area (Å²) in [6.07, 6.45) is 3.10. The standard InChI is InChI=1S/C11H15NOS/c1-12-6-2-4-9(12)8-10(13)11-5-3-7-14-11/h3,5,7,9H,2,4,6,8H2,1H3. The van der Waals surface area contributed by atoms with Crippen LogP contribution in [-0.2, 0) is 0 Å². The van der Waals surface area contributed by atoms with E-state index in [4.69, 9.17) is 0 Å². The second-order valence-electron chi connectivity index (χ2n) is 3.88. The lowest BCUT2D eigenvalue weighted by molar-refractivity contribution is 0.0954. The molecule has 0 amide bonds. The summed E-state index contributed by atoms with van der Waals surface area (Å²) < 4.78 is 0. The first kappa shape index (κ1) is 9.87. The number of nitrogens with zero attached hydrogens (tertiary/aromatic N) is 1. The topological polar surface area (TPSA) is 20.3 Å². The zero-order valence-corrected chi connectivity index (χ0v) is 9.22. The van der Waals surface area contributed by atoms with Crippen molar-refractivity contribution in [3.8, 4) is 0 Å². The molecule has 2 rings (SSSR count). The quantitative estimate of drug-likeness (QED) is 0.713. The lowest BCUT2D eigenvalue weighted by Gasteiger charge is -2.17. The first-order chi connectivity index (χ1) is 6.77. The molecule has 1 aliphatic heterocycles. The third-order valence-electron chi connectivity index (χ3n) is 2.89. The van der Waals surface area contributed by atoms with Crippen LogP contribution in [0.4, 0.5) is 0 Å². The molecule has 76 valence electrons. The molecule has 0 aromatic carbocycles. The van der Waals surface area contributed by atoms with Crippen molar-refractivity contribution in [1.29, 1.82) is 0 Å². The SMILES string of the molecule is CN1CCCC1CC(=O)c1cccs1. The van der Waals surface area contributed by atoms with E-state index in [-0.39, 0.29) is 0 Å². The van der Waals surface area contributed by atoms with Crippen molar-refractivity contribution in [3.05, 3.63) is 22.4 Å². The normalized spacial score (nSPS) is 22.8. The summed E-state index contributed by atoms with van der Waals surface area (Å²) in [4.78, 5) is 15.0. The Bertz CT molecular complexity index is 307. The molecule has 1 aliphatic rings. The molecule has 0 aliphatic carbocycles. The van der Waals surface area contributed by atoms with Gasteiger partial charge in [0, 0.05) is 12.5 Å². The van der Waals surface area contributed by atoms with Gasteiger partial charge in [-0.1, -0.05) is 6.07 Å². The first-order valence-corrected chi connectivity index (χ1v) is 5.92. The molecule has 0 radical (unpaired) electrons. The van der Waals surface area contributed by atoms with Gasteiger partial charge < -0.3 is 4.90 Å². The Balaban J connectivity index is 1.95. The van der Waals surface area contributed by atoms with Gasteiger partial charge in [-0.15, -0.1) is 11.3 Å². The highest BCUT2D eigenvalue weighted by atomic mass is 32.1. The zero-order valence-electron chi connectivity index (χ0n) is 8.40. The predicted molar refractivity (Wildman–Crippen MR) is 58.9 cm³/mol. The minimum absolute atomic E-state index is 0.304. The lowest BCUT2D eigenvalue weighted by Crippen LogP contribution is -2.27. The van der Waals surface area contributed by atoms with Gasteiger partial charge in [0.25, 0.3) is 0 Å². The highest BCUT2D eigenvalue weighted by Gasteiger charge is 2.23. The van der Waals surface area contributed by atoms with E-state index in [1.807, 2.05) is 17.5 Å². The number of ketones is 1. The largest absolute Gasteiger partial charge is 0.303 e. The van der Waals surface area contributed by atoms with Crippen LogP contribution in [0.15, 0.2) is 17.5 Å². The van der Waals surface area contributed by atoms with E-state index >= 15 is 0 Å². The van der Waals surface area contributed by atoms with Gasteiger partial charge in [0.05, 0.1) is 4.88 Å². The number of carbonyl (C=O) groups is 1. The summed E-state index contributed by atoms with van der Waals surface area (Å²) in [7, 11) is 2.11. The summed E-state index contributed by atoms with van der Waals surface area (Å²) in [5.74, 6) is 0.304. The van der Waals surface area contributed by atoms with E-state index in [0.29, 0.717) is 18.2 Å². The Morgan fingerprint density at radius 1 is 1.71 bits per heavy atom. The van der Waals surface area contributed by atoms with Crippen molar-refractivity contribution in [3.63, 3.8) is 0 Å². The number of carbonyl (C=O) groups excluding carboxylic acids is 1. The number of likely N-dealkylation sites (tertiary alicyclic amines) is 1. The molecule has 1 aromatic heterocycles. The minimum Gasteiger partial charge on any atom is -0.303 e. The average Bonchev–Trinajstić information content (AvgIpc) is 2.77. The molecule has 1 unspecified atom stereocenters. The van der Waals surface area contributed by atoms with E-state index in [9.17, 15) is 4.79 Å². The molecule has 0 N–H and O–H groups in total. The van der Waals surface area contributed by atoms with Crippen LogP contribution in [0.3, 0.4) is 0 Å². The maximum atomic E-state index is 11.8. The van der Waals surface area contributed by atoms with E-state index < -0.39 is 0 Å². The third kappa shape index (κ3) is 2.04. The lowest BCUT2D eigenvalue weighted by atomic mass is 10.1. The Hall–Kier alpha value is -0.670. The van der Waals surface area contributed by atoms with Gasteiger partial charge in [-0.2, -0.15) is 0 Å². The van der Waals surface area contributed by atoms with Crippen LogP contribution >= 0.6 is 11.3 Å². The molecule has 0 bridgehead atoms. The summed E-state index contributed by atoms with van der Waals surface area (Å²) in [6, 6.07) is 4.34. The molecule has 1 saturated heterocycles. The Morgan fingerprint density at radius 3 is 3.14 bits per heavy atom. The number of thiophene rings is 1. The van der Waals surface area contributed by atoms with Crippen LogP contribution in [0.1, 0.15) is 28.9 Å². The monoisotopic (exact) mass is 209 g/mol. The second-order valence-corrected chi connectivity index (χ2v) is 4.83. The highest BCUT2D eigenvalue weighted by molar-refractivity contribution is 7.12. The van der Waals surface area contributed by atoms with Gasteiger partial charge in [-0.05, 0) is 37.9 Å². The Morgan fingerprint density at radius 2 is 2.57 bits per heavy atom. The Labute approximate surface area is 88.5 Å². The number of hydrogen-bond acceptors (Lipinski definition) is 3. The smallest absolute Gasteiger partial charge is 0.174 e. The fourth-order valence-electron chi connectivity index (χ4n) is 1.99. The van der Waals surface area contributed by atoms with E-state index in [1.165, 1.54) is 12.8 Å². The summed E-state index contributed by atoms with van der Waals surface area (Å²) in [5.41, 5.74) is 0. The van der Waals surface area contributed by atoms with Crippen LogP contribution in [0.2, 0.25) is 0 Å². The summed E-state index contributed by atoms with van der Waals surface area (Å²) >= 11 is 1.55. The van der Waals surface area contributed by atoms with Crippen LogP contribution in [-0.4, -0.2) is 30.3 Å². The zero-order chi connectivity index (χ0) is 9.97. The van der Waals surface area contributed by atoms with Gasteiger partial charge in [0.2, 0.25) is 0 Å². The summed E-state index contributed by atoms with van der Waals surface area (Å²) in [6.45, 7) is 1.14. The van der Waals surface area contributed by atoms with Crippen molar-refractivity contribution in [2.45, 2.75) is 25.3 Å². The molecular weight excluding hydrogens is 194 g/mol. The fourth-order valence-corrected chi connectivity index (χ4v) is 2.66. The van der Waals surface area contributed by atoms with Crippen molar-refractivity contribution in [1.82, 2.24) is 4.90 Å². The fraction of sp³-hybridized carbons (Fsp3) is 0.545. The van der Waals surface area contributed by atoms with E-state index in [1.54, 1.807) is 11.3 Å². The van der Waals surface area contributed by atoms with Crippen molar-refractivity contribution < 1.29 is 4.79 Å². The highest BCUT2D eigenvalue weighted by Crippen LogP contribution is 2.21. The average molecular weight is 209 g/mol. The maximum absolute atomic E-state index is 11.8. The van der Waals surface area contributed by atoms with Gasteiger partial charge >= 0.3 is 0 Å². The molecule has 2 nitrogen and oxygen atoms in total. The van der Waals surface area contributed by atoms with Crippen LogP contribution in [0, 0.1) is 0 Å². The van der Waals surface area contributed by atoms with Crippen LogP contribution in [0.25, 0.3) is 0 Å². The van der Waals surface area contributed by atoms with E-state index in [2.05, 4.69) is 11.9 Å². The minimum atomic E-state index is 0.304. The molecular formula is C11H15NOS. The molecule has 14 heavy (non-hydrogen) atoms. The molecule has 1 aromatic rings. The number of hydrogen-bond donors (Lipinski definition) is 0. The number of Topliss-reactive ketones (excluding diaryl/α,β-unsaturated/α-hetero) is 1. The van der Waals surface area contributed by atoms with E-state index in [0.717, 1.165) is 11.4 Å². The number of rotatable bonds is 3. The van der Waals surface area contributed by atoms with Crippen molar-refractivity contribution in [2.24, 2.45) is 0 Å². The first-order valence-electron chi connectivity index (χ1n) is 5.04. The van der Waals surface area contributed by atoms with Gasteiger partial charge in [-0.25, -0.2) is 0 Å². The molecule has 0 spiro atoms. The summed E-state index contributed by atoms with van der Waals surface area (Å²) in [5, 5.41) is 1.96. The van der Waals surface area contributed by atoms with Crippen molar-refractivity contribution in [2.75, 3.05) is 13.6 Å².